The van der Waals surface area contributed by atoms with E-state index in [1.165, 1.54) is 16.7 Å². The van der Waals surface area contributed by atoms with Gasteiger partial charge in [0.1, 0.15) is 5.75 Å². The zero-order valence-electron chi connectivity index (χ0n) is 9.18. The first-order valence-corrected chi connectivity index (χ1v) is 5.35. The van der Waals surface area contributed by atoms with E-state index in [0.29, 0.717) is 0 Å². The van der Waals surface area contributed by atoms with Crippen LogP contribution >= 0.6 is 0 Å². The van der Waals surface area contributed by atoms with E-state index in [9.17, 15) is 0 Å². The molecule has 1 aromatic carbocycles. The summed E-state index contributed by atoms with van der Waals surface area (Å²) in [7, 11) is 0. The maximum atomic E-state index is 5.46. The molecule has 1 heterocycles. The van der Waals surface area contributed by atoms with E-state index in [1.807, 2.05) is 6.92 Å². The standard InChI is InChI=1S/C13H17NO/c1-10(2)8-14-9-11-3-4-13-12(7-11)5-6-15-13/h3-4,7,14H,1,5-6,8-9H2,2H3. The van der Waals surface area contributed by atoms with Crippen LogP contribution in [0.1, 0.15) is 18.1 Å². The molecule has 2 nitrogen and oxygen atoms in total. The van der Waals surface area contributed by atoms with Crippen LogP contribution in [-0.4, -0.2) is 13.2 Å². The van der Waals surface area contributed by atoms with Crippen LogP contribution in [0.5, 0.6) is 5.75 Å². The molecular formula is C13H17NO. The van der Waals surface area contributed by atoms with Crippen molar-refractivity contribution in [1.82, 2.24) is 5.32 Å². The van der Waals surface area contributed by atoms with Gasteiger partial charge in [0.05, 0.1) is 6.61 Å². The lowest BCUT2D eigenvalue weighted by atomic mass is 10.1. The molecule has 2 rings (SSSR count). The average Bonchev–Trinajstić information content (AvgIpc) is 2.64. The van der Waals surface area contributed by atoms with E-state index in [-0.39, 0.29) is 0 Å². The maximum Gasteiger partial charge on any atom is 0.122 e. The monoisotopic (exact) mass is 203 g/mol. The number of hydrogen-bond acceptors (Lipinski definition) is 2. The van der Waals surface area contributed by atoms with Crippen LogP contribution in [0.4, 0.5) is 0 Å². The first kappa shape index (κ1) is 10.2. The Kier molecular flexibility index (Phi) is 3.07. The second kappa shape index (κ2) is 4.49. The van der Waals surface area contributed by atoms with E-state index >= 15 is 0 Å². The van der Waals surface area contributed by atoms with Gasteiger partial charge >= 0.3 is 0 Å². The Morgan fingerprint density at radius 2 is 2.40 bits per heavy atom. The van der Waals surface area contributed by atoms with Gasteiger partial charge in [-0.05, 0) is 24.1 Å². The third kappa shape index (κ3) is 2.60. The summed E-state index contributed by atoms with van der Waals surface area (Å²) < 4.78 is 5.46. The second-order valence-electron chi connectivity index (χ2n) is 4.10. The van der Waals surface area contributed by atoms with Gasteiger partial charge in [0, 0.05) is 19.5 Å². The van der Waals surface area contributed by atoms with Crippen molar-refractivity contribution in [2.45, 2.75) is 19.9 Å². The van der Waals surface area contributed by atoms with Crippen molar-refractivity contribution >= 4 is 0 Å². The Hall–Kier alpha value is -1.28. The SMILES string of the molecule is C=C(C)CNCc1ccc2c(c1)CCO2. The molecule has 1 aliphatic rings. The summed E-state index contributed by atoms with van der Waals surface area (Å²) in [5.41, 5.74) is 3.82. The van der Waals surface area contributed by atoms with Gasteiger partial charge in [-0.1, -0.05) is 24.3 Å². The number of benzene rings is 1. The fraction of sp³-hybridized carbons (Fsp3) is 0.385. The molecule has 80 valence electrons. The van der Waals surface area contributed by atoms with Crippen LogP contribution in [0.25, 0.3) is 0 Å². The smallest absolute Gasteiger partial charge is 0.122 e. The van der Waals surface area contributed by atoms with Crippen LogP contribution in [-0.2, 0) is 13.0 Å². The van der Waals surface area contributed by atoms with Gasteiger partial charge < -0.3 is 10.1 Å². The summed E-state index contributed by atoms with van der Waals surface area (Å²) in [6.07, 6.45) is 1.05. The van der Waals surface area contributed by atoms with E-state index in [2.05, 4.69) is 30.1 Å². The molecule has 0 bridgehead atoms. The number of rotatable bonds is 4. The van der Waals surface area contributed by atoms with Gasteiger partial charge in [-0.15, -0.1) is 0 Å². The van der Waals surface area contributed by atoms with E-state index in [4.69, 9.17) is 4.74 Å². The molecule has 1 aliphatic heterocycles. The molecule has 1 N–H and O–H groups in total. The summed E-state index contributed by atoms with van der Waals surface area (Å²) in [5.74, 6) is 1.05. The molecular weight excluding hydrogens is 186 g/mol. The van der Waals surface area contributed by atoms with Crippen molar-refractivity contribution in [1.29, 1.82) is 0 Å². The summed E-state index contributed by atoms with van der Waals surface area (Å²) >= 11 is 0. The Labute approximate surface area is 91.0 Å². The van der Waals surface area contributed by atoms with Crippen LogP contribution < -0.4 is 10.1 Å². The largest absolute Gasteiger partial charge is 0.493 e. The molecule has 0 aliphatic carbocycles. The predicted molar refractivity (Wildman–Crippen MR) is 62.2 cm³/mol. The molecule has 0 atom stereocenters. The normalized spacial score (nSPS) is 13.4. The minimum absolute atomic E-state index is 0.831. The van der Waals surface area contributed by atoms with Gasteiger partial charge in [0.15, 0.2) is 0 Å². The second-order valence-corrected chi connectivity index (χ2v) is 4.10. The molecule has 0 spiro atoms. The van der Waals surface area contributed by atoms with Crippen LogP contribution in [0.15, 0.2) is 30.4 Å². The molecule has 0 saturated heterocycles. The molecule has 2 heteroatoms. The highest BCUT2D eigenvalue weighted by Gasteiger charge is 2.11. The molecule has 15 heavy (non-hydrogen) atoms. The zero-order chi connectivity index (χ0) is 10.7. The van der Waals surface area contributed by atoms with Gasteiger partial charge in [-0.3, -0.25) is 0 Å². The topological polar surface area (TPSA) is 21.3 Å². The van der Waals surface area contributed by atoms with Crippen molar-refractivity contribution in [3.8, 4) is 5.75 Å². The predicted octanol–water partition coefficient (Wildman–Crippen LogP) is 2.29. The first-order chi connectivity index (χ1) is 7.25. The Morgan fingerprint density at radius 1 is 1.53 bits per heavy atom. The van der Waals surface area contributed by atoms with Crippen LogP contribution in [0, 0.1) is 0 Å². The van der Waals surface area contributed by atoms with E-state index < -0.39 is 0 Å². The highest BCUT2D eigenvalue weighted by atomic mass is 16.5. The highest BCUT2D eigenvalue weighted by Crippen LogP contribution is 2.25. The van der Waals surface area contributed by atoms with Crippen LogP contribution in [0.2, 0.25) is 0 Å². The van der Waals surface area contributed by atoms with Gasteiger partial charge in [0.25, 0.3) is 0 Å². The lowest BCUT2D eigenvalue weighted by Crippen LogP contribution is -2.15. The number of hydrogen-bond donors (Lipinski definition) is 1. The van der Waals surface area contributed by atoms with Gasteiger partial charge in [-0.25, -0.2) is 0 Å². The quantitative estimate of drug-likeness (QED) is 0.758. The molecule has 0 amide bonds. The highest BCUT2D eigenvalue weighted by molar-refractivity contribution is 5.39. The lowest BCUT2D eigenvalue weighted by molar-refractivity contribution is 0.357. The van der Waals surface area contributed by atoms with Crippen molar-refractivity contribution in [2.24, 2.45) is 0 Å². The molecule has 0 fully saturated rings. The van der Waals surface area contributed by atoms with Crippen molar-refractivity contribution in [3.05, 3.63) is 41.5 Å². The number of ether oxygens (including phenoxy) is 1. The zero-order valence-corrected chi connectivity index (χ0v) is 9.18. The summed E-state index contributed by atoms with van der Waals surface area (Å²) in [5, 5.41) is 3.35. The Balaban J connectivity index is 1.95. The summed E-state index contributed by atoms with van der Waals surface area (Å²) in [6.45, 7) is 8.51. The molecule has 0 unspecified atom stereocenters. The van der Waals surface area contributed by atoms with Gasteiger partial charge in [-0.2, -0.15) is 0 Å². The fourth-order valence-corrected chi connectivity index (χ4v) is 1.77. The van der Waals surface area contributed by atoms with E-state index in [0.717, 1.165) is 31.9 Å². The fourth-order valence-electron chi connectivity index (χ4n) is 1.77. The van der Waals surface area contributed by atoms with E-state index in [1.54, 1.807) is 0 Å². The molecule has 0 saturated carbocycles. The average molecular weight is 203 g/mol. The van der Waals surface area contributed by atoms with Gasteiger partial charge in [0.2, 0.25) is 0 Å². The number of fused-ring (bicyclic) bond motifs is 1. The minimum atomic E-state index is 0.831. The third-order valence-corrected chi connectivity index (χ3v) is 2.51. The molecule has 0 radical (unpaired) electrons. The van der Waals surface area contributed by atoms with Crippen molar-refractivity contribution in [2.75, 3.05) is 13.2 Å². The molecule has 1 aromatic rings. The maximum absolute atomic E-state index is 5.46. The van der Waals surface area contributed by atoms with Crippen LogP contribution in [0.3, 0.4) is 0 Å². The molecule has 0 aromatic heterocycles. The Morgan fingerprint density at radius 3 is 3.20 bits per heavy atom. The summed E-state index contributed by atoms with van der Waals surface area (Å²) in [4.78, 5) is 0. The number of nitrogens with one attached hydrogen (secondary N) is 1. The van der Waals surface area contributed by atoms with Crippen molar-refractivity contribution in [3.63, 3.8) is 0 Å². The lowest BCUT2D eigenvalue weighted by Gasteiger charge is -2.06. The van der Waals surface area contributed by atoms with Crippen molar-refractivity contribution < 1.29 is 4.74 Å². The minimum Gasteiger partial charge on any atom is -0.493 e. The third-order valence-electron chi connectivity index (χ3n) is 2.51. The summed E-state index contributed by atoms with van der Waals surface area (Å²) in [6, 6.07) is 6.42. The first-order valence-electron chi connectivity index (χ1n) is 5.35. The Bertz CT molecular complexity index is 371.